The molecule has 3 N–H and O–H groups in total. The van der Waals surface area contributed by atoms with Gasteiger partial charge in [0.15, 0.2) is 11.3 Å². The summed E-state index contributed by atoms with van der Waals surface area (Å²) in [5.41, 5.74) is 0. The van der Waals surface area contributed by atoms with Crippen LogP contribution in [-0.2, 0) is 23.3 Å². The number of hydrogen-bond donors (Lipinski definition) is 3. The summed E-state index contributed by atoms with van der Waals surface area (Å²) in [7, 11) is -0.640. The maximum Gasteiger partial charge on any atom is 0.376 e. The van der Waals surface area contributed by atoms with Crippen molar-refractivity contribution in [2.24, 2.45) is 0 Å². The van der Waals surface area contributed by atoms with E-state index in [1.165, 1.54) is 14.2 Å². The predicted molar refractivity (Wildman–Crippen MR) is 115 cm³/mol. The topological polar surface area (TPSA) is 123 Å². The van der Waals surface area contributed by atoms with Gasteiger partial charge >= 0.3 is 15.6 Å². The minimum atomic E-state index is -1.91. The minimum absolute atomic E-state index is 0.0659. The van der Waals surface area contributed by atoms with Crippen LogP contribution in [0.25, 0.3) is 0 Å². The van der Waals surface area contributed by atoms with Gasteiger partial charge in [-0.3, -0.25) is 0 Å². The monoisotopic (exact) mass is 458 g/mol. The van der Waals surface area contributed by atoms with E-state index >= 15 is 0 Å². The maximum absolute atomic E-state index is 12.7. The molecule has 0 rings (SSSR count). The normalized spacial score (nSPS) is 18.7. The molecule has 0 aromatic rings. The molecule has 0 heterocycles. The van der Waals surface area contributed by atoms with Gasteiger partial charge in [-0.1, -0.05) is 9.13 Å². The molecule has 0 amide bonds. The summed E-state index contributed by atoms with van der Waals surface area (Å²) in [5.74, 6) is 0. The minimum Gasteiger partial charge on any atom is -0.394 e. The fourth-order valence-corrected chi connectivity index (χ4v) is 5.66. The van der Waals surface area contributed by atoms with Crippen LogP contribution in [0.1, 0.15) is 47.0 Å². The summed E-state index contributed by atoms with van der Waals surface area (Å²) in [5, 5.41) is 26.9. The van der Waals surface area contributed by atoms with Crippen LogP contribution in [0.15, 0.2) is 0 Å². The van der Waals surface area contributed by atoms with E-state index in [0.29, 0.717) is 25.4 Å². The number of aliphatic hydroxyl groups is 3. The van der Waals surface area contributed by atoms with Gasteiger partial charge in [0.2, 0.25) is 0 Å². The molecule has 0 saturated heterocycles. The van der Waals surface area contributed by atoms with Crippen LogP contribution in [0.2, 0.25) is 0 Å². The van der Waals surface area contributed by atoms with E-state index in [2.05, 4.69) is 0 Å². The van der Waals surface area contributed by atoms with E-state index in [9.17, 15) is 19.3 Å². The average Bonchev–Trinajstić information content (AvgIpc) is 2.71. The Balaban J connectivity index is 4.44. The van der Waals surface area contributed by atoms with E-state index in [1.54, 1.807) is 13.8 Å². The molecule has 0 aliphatic carbocycles. The van der Waals surface area contributed by atoms with Crippen LogP contribution >= 0.6 is 15.6 Å². The number of aliphatic hydroxyl groups excluding tert-OH is 3. The molecular weight excluding hydrogens is 418 g/mol. The van der Waals surface area contributed by atoms with E-state index < -0.39 is 44.9 Å². The Morgan fingerprint density at radius 2 is 1.48 bits per heavy atom. The largest absolute Gasteiger partial charge is 0.394 e. The molecule has 10 heteroatoms. The molecule has 29 heavy (non-hydrogen) atoms. The quantitative estimate of drug-likeness (QED) is 0.225. The van der Waals surface area contributed by atoms with Crippen LogP contribution in [0.3, 0.4) is 0 Å². The van der Waals surface area contributed by atoms with Crippen molar-refractivity contribution in [1.29, 1.82) is 0 Å². The highest BCUT2D eigenvalue weighted by atomic mass is 31.1. The molecule has 0 aliphatic rings. The molecule has 172 valence electrons. The second kappa shape index (κ2) is 14.1. The number of methoxy groups -OCH3 is 2. The molecule has 0 aromatic carbocycles. The van der Waals surface area contributed by atoms with Crippen molar-refractivity contribution in [3.63, 3.8) is 0 Å². The van der Waals surface area contributed by atoms with E-state index in [-0.39, 0.29) is 12.7 Å². The summed E-state index contributed by atoms with van der Waals surface area (Å²) >= 11 is 0. The Morgan fingerprint density at radius 3 is 1.93 bits per heavy atom. The van der Waals surface area contributed by atoms with Gasteiger partial charge in [0.1, 0.15) is 18.4 Å². The van der Waals surface area contributed by atoms with Crippen molar-refractivity contribution in [3.05, 3.63) is 0 Å². The highest BCUT2D eigenvalue weighted by molar-refractivity contribution is 7.46. The first-order chi connectivity index (χ1) is 13.5. The standard InChI is InChI=1S/C19H40O8P2/c1-15(12-20)27-14-18(2,3)28(23)10-8-7-9-11-29(24)19(4,26-6)17(22)16(13-21)25-5/h15-17,20-22H,7-14H2,1-6H3/q+2. The van der Waals surface area contributed by atoms with E-state index in [1.807, 2.05) is 13.8 Å². The van der Waals surface area contributed by atoms with Gasteiger partial charge in [-0.2, -0.15) is 0 Å². The van der Waals surface area contributed by atoms with Crippen molar-refractivity contribution < 1.29 is 38.7 Å². The van der Waals surface area contributed by atoms with Gasteiger partial charge in [0, 0.05) is 21.1 Å². The second-order valence-corrected chi connectivity index (χ2v) is 12.5. The molecule has 0 fully saturated rings. The summed E-state index contributed by atoms with van der Waals surface area (Å²) < 4.78 is 41.2. The fourth-order valence-electron chi connectivity index (χ4n) is 2.70. The van der Waals surface area contributed by atoms with Crippen LogP contribution in [-0.4, -0.2) is 90.5 Å². The number of rotatable bonds is 17. The Hall–Kier alpha value is -0.0400. The van der Waals surface area contributed by atoms with Crippen LogP contribution in [0.5, 0.6) is 0 Å². The zero-order valence-corrected chi connectivity index (χ0v) is 20.5. The van der Waals surface area contributed by atoms with E-state index in [4.69, 9.17) is 19.3 Å². The Labute approximate surface area is 176 Å². The van der Waals surface area contributed by atoms with Crippen molar-refractivity contribution in [1.82, 2.24) is 0 Å². The lowest BCUT2D eigenvalue weighted by molar-refractivity contribution is -0.115. The third kappa shape index (κ3) is 9.32. The van der Waals surface area contributed by atoms with Gasteiger partial charge in [-0.05, 0) is 40.0 Å². The third-order valence-electron chi connectivity index (χ3n) is 5.17. The lowest BCUT2D eigenvalue weighted by Gasteiger charge is -2.28. The highest BCUT2D eigenvalue weighted by Gasteiger charge is 2.53. The number of hydrogen-bond acceptors (Lipinski definition) is 8. The summed E-state index contributed by atoms with van der Waals surface area (Å²) in [4.78, 5) is 0. The van der Waals surface area contributed by atoms with Crippen LogP contribution in [0, 0.1) is 0 Å². The Bertz CT molecular complexity index is 499. The highest BCUT2D eigenvalue weighted by Crippen LogP contribution is 2.44. The zero-order chi connectivity index (χ0) is 22.7. The molecule has 0 spiro atoms. The molecule has 0 aliphatic heterocycles. The van der Waals surface area contributed by atoms with Gasteiger partial charge in [-0.25, -0.2) is 0 Å². The lowest BCUT2D eigenvalue weighted by atomic mass is 10.1. The summed E-state index contributed by atoms with van der Waals surface area (Å²) in [6, 6.07) is 0. The van der Waals surface area contributed by atoms with Crippen molar-refractivity contribution in [2.45, 2.75) is 75.8 Å². The van der Waals surface area contributed by atoms with E-state index in [0.717, 1.165) is 12.8 Å². The van der Waals surface area contributed by atoms with Crippen LogP contribution in [0.4, 0.5) is 0 Å². The fraction of sp³-hybridized carbons (Fsp3) is 1.00. The first-order valence-electron chi connectivity index (χ1n) is 9.99. The molecule has 0 bridgehead atoms. The van der Waals surface area contributed by atoms with Gasteiger partial charge in [0.05, 0.1) is 25.9 Å². The Kier molecular flexibility index (Phi) is 14.1. The first-order valence-corrected chi connectivity index (χ1v) is 12.9. The van der Waals surface area contributed by atoms with Gasteiger partial charge in [0.25, 0.3) is 5.34 Å². The second-order valence-electron chi connectivity index (χ2n) is 8.04. The Morgan fingerprint density at radius 1 is 0.931 bits per heavy atom. The van der Waals surface area contributed by atoms with Gasteiger partial charge < -0.3 is 29.5 Å². The average molecular weight is 458 g/mol. The van der Waals surface area contributed by atoms with Crippen molar-refractivity contribution in [3.8, 4) is 0 Å². The predicted octanol–water partition coefficient (Wildman–Crippen LogP) is 2.72. The zero-order valence-electron chi connectivity index (χ0n) is 18.7. The van der Waals surface area contributed by atoms with Crippen molar-refractivity contribution >= 4 is 15.6 Å². The molecule has 6 unspecified atom stereocenters. The van der Waals surface area contributed by atoms with Crippen molar-refractivity contribution in [2.75, 3.05) is 46.4 Å². The maximum atomic E-state index is 12.7. The van der Waals surface area contributed by atoms with Gasteiger partial charge in [-0.15, -0.1) is 0 Å². The van der Waals surface area contributed by atoms with Crippen LogP contribution < -0.4 is 0 Å². The molecule has 6 atom stereocenters. The molecule has 0 aromatic heterocycles. The molecular formula is C19H40O8P2+2. The third-order valence-corrected chi connectivity index (χ3v) is 9.53. The SMILES string of the molecule is COC(CO)C(O)C(C)(OC)[P+](=O)CCCCC[P+](=O)C(C)(C)COC(C)CO. The number of unbranched alkanes of at least 4 members (excludes halogenated alkanes) is 2. The molecule has 0 saturated carbocycles. The molecule has 8 nitrogen and oxygen atoms in total. The summed E-state index contributed by atoms with van der Waals surface area (Å²) in [6.07, 6.45) is 0.689. The lowest BCUT2D eigenvalue weighted by Crippen LogP contribution is -2.48. The molecule has 0 radical (unpaired) electrons. The summed E-state index contributed by atoms with van der Waals surface area (Å²) in [6.45, 7) is 6.98. The smallest absolute Gasteiger partial charge is 0.376 e. The number of ether oxygens (including phenoxy) is 3. The first kappa shape index (κ1) is 29.0.